The van der Waals surface area contributed by atoms with E-state index < -0.39 is 16.8 Å². The molecule has 0 aliphatic carbocycles. The Hall–Kier alpha value is -0.490. The smallest absolute Gasteiger partial charge is 0.321 e. The normalized spacial score (nSPS) is 13.4. The molecule has 0 aromatic carbocycles. The first-order chi connectivity index (χ1) is 8.65. The van der Waals surface area contributed by atoms with Gasteiger partial charge in [0.05, 0.1) is 0 Å². The van der Waals surface area contributed by atoms with Crippen LogP contribution in [0.5, 0.6) is 0 Å². The zero-order valence-corrected chi connectivity index (χ0v) is 13.2. The Balaban J connectivity index is 2.85. The summed E-state index contributed by atoms with van der Waals surface area (Å²) in [5.74, 6) is -0.574. The predicted molar refractivity (Wildman–Crippen MR) is 80.0 cm³/mol. The average Bonchev–Trinajstić information content (AvgIpc) is 2.26. The van der Waals surface area contributed by atoms with Crippen molar-refractivity contribution in [2.75, 3.05) is 0 Å². The third-order valence-electron chi connectivity index (χ3n) is 2.75. The summed E-state index contributed by atoms with van der Waals surface area (Å²) in [4.78, 5) is 15.1. The first-order valence-corrected chi connectivity index (χ1v) is 7.33. The largest absolute Gasteiger partial charge is 0.480 e. The van der Waals surface area contributed by atoms with E-state index in [1.54, 1.807) is 26.8 Å². The average molecular weight is 323 g/mol. The minimum absolute atomic E-state index is 0.345. The SMILES string of the molecule is Cc1cc(Cl)c(CSC(C)(C)[C@H](N)C(=O)O)c(Cl)n1. The van der Waals surface area contributed by atoms with Crippen molar-refractivity contribution in [2.45, 2.75) is 37.3 Å². The van der Waals surface area contributed by atoms with Gasteiger partial charge in [-0.1, -0.05) is 23.2 Å². The summed E-state index contributed by atoms with van der Waals surface area (Å²) in [6, 6.07) is 0.765. The molecule has 1 aromatic heterocycles. The van der Waals surface area contributed by atoms with Crippen molar-refractivity contribution in [3.05, 3.63) is 27.5 Å². The van der Waals surface area contributed by atoms with Gasteiger partial charge in [0.2, 0.25) is 0 Å². The molecule has 1 aromatic rings. The molecule has 0 fully saturated rings. The number of rotatable bonds is 5. The second kappa shape index (κ2) is 6.31. The van der Waals surface area contributed by atoms with Crippen LogP contribution in [0.1, 0.15) is 25.1 Å². The zero-order chi connectivity index (χ0) is 14.8. The molecule has 3 N–H and O–H groups in total. The number of carbonyl (C=O) groups is 1. The number of nitrogens with zero attached hydrogens (tertiary/aromatic N) is 1. The summed E-state index contributed by atoms with van der Waals surface area (Å²) >= 11 is 13.6. The summed E-state index contributed by atoms with van der Waals surface area (Å²) in [6.07, 6.45) is 0. The van der Waals surface area contributed by atoms with Crippen molar-refractivity contribution >= 4 is 40.9 Å². The predicted octanol–water partition coefficient (Wildman–Crippen LogP) is 3.12. The number of hydrogen-bond donors (Lipinski definition) is 2. The highest BCUT2D eigenvalue weighted by atomic mass is 35.5. The lowest BCUT2D eigenvalue weighted by Gasteiger charge is -2.28. The van der Waals surface area contributed by atoms with Crippen molar-refractivity contribution in [1.82, 2.24) is 4.98 Å². The van der Waals surface area contributed by atoms with Gasteiger partial charge in [0.15, 0.2) is 0 Å². The molecule has 1 rings (SSSR count). The quantitative estimate of drug-likeness (QED) is 0.814. The highest BCUT2D eigenvalue weighted by Gasteiger charge is 2.32. The number of hydrogen-bond acceptors (Lipinski definition) is 4. The summed E-state index contributed by atoms with van der Waals surface area (Å²) in [5, 5.41) is 9.83. The number of pyridine rings is 1. The van der Waals surface area contributed by atoms with Crippen molar-refractivity contribution in [3.63, 3.8) is 0 Å². The fourth-order valence-electron chi connectivity index (χ4n) is 1.40. The van der Waals surface area contributed by atoms with Crippen LogP contribution < -0.4 is 5.73 Å². The third kappa shape index (κ3) is 4.24. The van der Waals surface area contributed by atoms with Crippen LogP contribution in [0, 0.1) is 6.92 Å². The number of aryl methyl sites for hydroxylation is 1. The first-order valence-electron chi connectivity index (χ1n) is 5.59. The Morgan fingerprint density at radius 3 is 2.63 bits per heavy atom. The molecule has 0 aliphatic heterocycles. The molecule has 0 bridgehead atoms. The molecule has 1 atom stereocenters. The maximum absolute atomic E-state index is 10.9. The summed E-state index contributed by atoms with van der Waals surface area (Å²) in [6.45, 7) is 5.36. The van der Waals surface area contributed by atoms with Gasteiger partial charge in [0.1, 0.15) is 11.2 Å². The van der Waals surface area contributed by atoms with Crippen LogP contribution in [-0.4, -0.2) is 26.8 Å². The van der Waals surface area contributed by atoms with E-state index in [1.807, 2.05) is 0 Å². The molecule has 0 amide bonds. The fourth-order valence-corrected chi connectivity index (χ4v) is 3.31. The van der Waals surface area contributed by atoms with E-state index in [4.69, 9.17) is 34.0 Å². The van der Waals surface area contributed by atoms with E-state index in [2.05, 4.69) is 4.98 Å². The van der Waals surface area contributed by atoms with Gasteiger partial charge >= 0.3 is 5.97 Å². The van der Waals surface area contributed by atoms with Crippen LogP contribution in [0.3, 0.4) is 0 Å². The molecule has 0 saturated carbocycles. The molecule has 106 valence electrons. The minimum atomic E-state index is -1.03. The summed E-state index contributed by atoms with van der Waals surface area (Å²) < 4.78 is -0.636. The molecule has 0 spiro atoms. The monoisotopic (exact) mass is 322 g/mol. The topological polar surface area (TPSA) is 76.2 Å². The molecule has 0 radical (unpaired) electrons. The van der Waals surface area contributed by atoms with Gasteiger partial charge in [-0.25, -0.2) is 4.98 Å². The van der Waals surface area contributed by atoms with Crippen LogP contribution >= 0.6 is 35.0 Å². The third-order valence-corrected chi connectivity index (χ3v) is 4.83. The van der Waals surface area contributed by atoms with Gasteiger partial charge in [-0.05, 0) is 26.8 Å². The lowest BCUT2D eigenvalue weighted by atomic mass is 10.1. The number of nitrogens with two attached hydrogens (primary N) is 1. The van der Waals surface area contributed by atoms with E-state index in [-0.39, 0.29) is 0 Å². The van der Waals surface area contributed by atoms with Crippen molar-refractivity contribution in [3.8, 4) is 0 Å². The number of aliphatic carboxylic acids is 1. The molecule has 7 heteroatoms. The lowest BCUT2D eigenvalue weighted by Crippen LogP contribution is -2.46. The Bertz CT molecular complexity index is 472. The lowest BCUT2D eigenvalue weighted by molar-refractivity contribution is -0.139. The number of thioether (sulfide) groups is 1. The van der Waals surface area contributed by atoms with Gasteiger partial charge in [0.25, 0.3) is 0 Å². The molecule has 1 heterocycles. The highest BCUT2D eigenvalue weighted by Crippen LogP contribution is 2.35. The molecule has 0 aliphatic rings. The Labute approximate surface area is 126 Å². The van der Waals surface area contributed by atoms with E-state index in [0.29, 0.717) is 21.5 Å². The Morgan fingerprint density at radius 2 is 2.16 bits per heavy atom. The number of carboxylic acid groups (broad SMARTS) is 1. The van der Waals surface area contributed by atoms with Crippen LogP contribution in [0.25, 0.3) is 0 Å². The van der Waals surface area contributed by atoms with Gasteiger partial charge < -0.3 is 10.8 Å². The number of halogens is 2. The molecular formula is C12H16Cl2N2O2S. The van der Waals surface area contributed by atoms with Crippen LogP contribution in [0.15, 0.2) is 6.07 Å². The highest BCUT2D eigenvalue weighted by molar-refractivity contribution is 7.99. The fraction of sp³-hybridized carbons (Fsp3) is 0.500. The van der Waals surface area contributed by atoms with E-state index in [9.17, 15) is 4.79 Å². The van der Waals surface area contributed by atoms with E-state index >= 15 is 0 Å². The van der Waals surface area contributed by atoms with Gasteiger partial charge in [-0.3, -0.25) is 4.79 Å². The maximum Gasteiger partial charge on any atom is 0.321 e. The van der Waals surface area contributed by atoms with Gasteiger partial charge in [0, 0.05) is 26.8 Å². The van der Waals surface area contributed by atoms with Crippen molar-refractivity contribution in [1.29, 1.82) is 0 Å². The second-order valence-electron chi connectivity index (χ2n) is 4.72. The zero-order valence-electron chi connectivity index (χ0n) is 10.9. The number of aromatic nitrogens is 1. The summed E-state index contributed by atoms with van der Waals surface area (Å²) in [7, 11) is 0. The van der Waals surface area contributed by atoms with E-state index in [0.717, 1.165) is 5.69 Å². The molecule has 4 nitrogen and oxygen atoms in total. The minimum Gasteiger partial charge on any atom is -0.480 e. The molecule has 19 heavy (non-hydrogen) atoms. The van der Waals surface area contributed by atoms with Crippen molar-refractivity contribution in [2.24, 2.45) is 5.73 Å². The molecule has 0 unspecified atom stereocenters. The van der Waals surface area contributed by atoms with Gasteiger partial charge in [-0.15, -0.1) is 11.8 Å². The first kappa shape index (κ1) is 16.6. The van der Waals surface area contributed by atoms with Gasteiger partial charge in [-0.2, -0.15) is 0 Å². The van der Waals surface area contributed by atoms with Crippen molar-refractivity contribution < 1.29 is 9.90 Å². The number of carboxylic acids is 1. The standard InChI is InChI=1S/C12H16Cl2N2O2S/c1-6-4-8(13)7(10(14)16-6)5-19-12(2,3)9(15)11(17)18/h4,9H,5,15H2,1-3H3,(H,17,18)/t9-/m1/s1. The van der Waals surface area contributed by atoms with Crippen LogP contribution in [-0.2, 0) is 10.5 Å². The molecule has 0 saturated heterocycles. The summed E-state index contributed by atoms with van der Waals surface area (Å²) in [5.41, 5.74) is 7.10. The van der Waals surface area contributed by atoms with Crippen LogP contribution in [0.4, 0.5) is 0 Å². The maximum atomic E-state index is 10.9. The molecular weight excluding hydrogens is 307 g/mol. The second-order valence-corrected chi connectivity index (χ2v) is 7.12. The van der Waals surface area contributed by atoms with E-state index in [1.165, 1.54) is 11.8 Å². The Kier molecular flexibility index (Phi) is 5.50. The van der Waals surface area contributed by atoms with Crippen LogP contribution in [0.2, 0.25) is 10.2 Å². The Morgan fingerprint density at radius 1 is 1.58 bits per heavy atom.